The van der Waals surface area contributed by atoms with E-state index in [0.29, 0.717) is 6.07 Å². The van der Waals surface area contributed by atoms with E-state index in [4.69, 9.17) is 4.52 Å². The van der Waals surface area contributed by atoms with Gasteiger partial charge in [0.2, 0.25) is 5.91 Å². The van der Waals surface area contributed by atoms with Crippen LogP contribution in [-0.2, 0) is 27.7 Å². The number of rotatable bonds is 9. The number of esters is 1. The zero-order valence-electron chi connectivity index (χ0n) is 30.6. The highest BCUT2D eigenvalue weighted by Gasteiger charge is 2.72. The van der Waals surface area contributed by atoms with Gasteiger partial charge in [0.05, 0.1) is 48.2 Å². The Labute approximate surface area is 322 Å². The number of aromatic nitrogens is 6. The van der Waals surface area contributed by atoms with Gasteiger partial charge in [0.25, 0.3) is 11.8 Å². The summed E-state index contributed by atoms with van der Waals surface area (Å²) in [5.74, 6) is -3.38. The van der Waals surface area contributed by atoms with Crippen molar-refractivity contribution in [2.45, 2.75) is 75.1 Å². The number of carbonyl (C=O) groups is 3. The summed E-state index contributed by atoms with van der Waals surface area (Å²) in [6, 6.07) is 2.99. The molecular weight excluding hydrogens is 795 g/mol. The fourth-order valence-electron chi connectivity index (χ4n) is 8.10. The summed E-state index contributed by atoms with van der Waals surface area (Å²) < 4.78 is 136. The van der Waals surface area contributed by atoms with Crippen molar-refractivity contribution in [2.75, 3.05) is 33.3 Å². The highest BCUT2D eigenvalue weighted by molar-refractivity contribution is 5.94. The van der Waals surface area contributed by atoms with E-state index in [-0.39, 0.29) is 92.5 Å². The van der Waals surface area contributed by atoms with Gasteiger partial charge in [0, 0.05) is 44.0 Å². The predicted molar refractivity (Wildman–Crippen MR) is 177 cm³/mol. The van der Waals surface area contributed by atoms with Crippen LogP contribution >= 0.6 is 0 Å². The molecule has 2 amide bonds. The lowest BCUT2D eigenvalue weighted by molar-refractivity contribution is -0.204. The minimum atomic E-state index is -4.74. The van der Waals surface area contributed by atoms with Gasteiger partial charge in [0.1, 0.15) is 16.9 Å². The molecule has 2 aliphatic heterocycles. The lowest BCUT2D eigenvalue weighted by atomic mass is 9.70. The molecule has 2 unspecified atom stereocenters. The molecule has 0 N–H and O–H groups in total. The standard InChI is InChI=1S/C36H33F9N8O5/c1-19(53-10-5-25(48-53)32(6-7-32)35(40,41)42)27-47-26(49-58-27)24-15-50(16-31(24)17-51(18-31)30(56)33(8-9-33)36(43,44)45)28(54)21-12-46-52(14-21)13-20-3-4-22(34(37,38)39)11-23(20)29(55)57-2/h3-5,10-12,14,19,24H,6-9,13,15-18H2,1-2H3. The molecular formula is C36H33F9N8O5. The first-order valence-electron chi connectivity index (χ1n) is 18.0. The number of benzene rings is 1. The fourth-order valence-corrected chi connectivity index (χ4v) is 8.10. The summed E-state index contributed by atoms with van der Waals surface area (Å²) in [5.41, 5.74) is -6.91. The molecule has 2 saturated carbocycles. The second-order valence-corrected chi connectivity index (χ2v) is 15.6. The molecule has 2 atom stereocenters. The molecule has 13 nitrogen and oxygen atoms in total. The van der Waals surface area contributed by atoms with Gasteiger partial charge in [-0.2, -0.15) is 54.7 Å². The van der Waals surface area contributed by atoms with Crippen molar-refractivity contribution in [3.8, 4) is 0 Å². The predicted octanol–water partition coefficient (Wildman–Crippen LogP) is 5.93. The summed E-state index contributed by atoms with van der Waals surface area (Å²) in [6.45, 7) is 0.909. The number of alkyl halides is 9. The van der Waals surface area contributed by atoms with Crippen LogP contribution in [0.5, 0.6) is 0 Å². The van der Waals surface area contributed by atoms with Crippen LogP contribution < -0.4 is 0 Å². The van der Waals surface area contributed by atoms with Crippen LogP contribution in [0.4, 0.5) is 39.5 Å². The van der Waals surface area contributed by atoms with Gasteiger partial charge in [-0.05, 0) is 56.4 Å². The van der Waals surface area contributed by atoms with Crippen LogP contribution in [0.25, 0.3) is 0 Å². The molecule has 4 aliphatic rings. The smallest absolute Gasteiger partial charge is 0.416 e. The third-order valence-electron chi connectivity index (χ3n) is 11.9. The van der Waals surface area contributed by atoms with Crippen molar-refractivity contribution in [3.63, 3.8) is 0 Å². The number of likely N-dealkylation sites (tertiary alicyclic amines) is 2. The van der Waals surface area contributed by atoms with Crippen molar-refractivity contribution in [1.29, 1.82) is 0 Å². The molecule has 4 aromatic rings. The molecule has 58 heavy (non-hydrogen) atoms. The van der Waals surface area contributed by atoms with E-state index in [9.17, 15) is 53.9 Å². The summed E-state index contributed by atoms with van der Waals surface area (Å²) in [5, 5.41) is 12.4. The van der Waals surface area contributed by atoms with Crippen LogP contribution in [0, 0.1) is 10.8 Å². The van der Waals surface area contributed by atoms with E-state index < -0.39 is 70.1 Å². The van der Waals surface area contributed by atoms with Crippen molar-refractivity contribution in [3.05, 3.63) is 82.5 Å². The Bertz CT molecular complexity index is 2280. The van der Waals surface area contributed by atoms with Gasteiger partial charge >= 0.3 is 24.5 Å². The molecule has 1 aromatic carbocycles. The molecule has 2 saturated heterocycles. The Morgan fingerprint density at radius 2 is 1.64 bits per heavy atom. The SMILES string of the molecule is COC(=O)c1cc(C(F)(F)F)ccc1Cn1cc(C(=O)N2CC(c3noc(C(C)n4ccc(C5(C(F)(F)F)CC5)n4)n3)C3(C2)CN(C(=O)C2(C(F)(F)F)CC2)C3)cn1. The number of methoxy groups -OCH3 is 1. The van der Waals surface area contributed by atoms with E-state index in [2.05, 4.69) is 25.1 Å². The molecule has 2 aliphatic carbocycles. The van der Waals surface area contributed by atoms with E-state index in [1.54, 1.807) is 6.92 Å². The molecule has 3 aromatic heterocycles. The van der Waals surface area contributed by atoms with Crippen LogP contribution in [0.1, 0.15) is 93.8 Å². The Balaban J connectivity index is 1.03. The first-order valence-corrected chi connectivity index (χ1v) is 18.0. The first-order chi connectivity index (χ1) is 27.1. The van der Waals surface area contributed by atoms with Gasteiger partial charge in [-0.1, -0.05) is 11.2 Å². The van der Waals surface area contributed by atoms with E-state index >= 15 is 0 Å². The quantitative estimate of drug-likeness (QED) is 0.148. The molecule has 1 spiro atoms. The number of hydrogen-bond acceptors (Lipinski definition) is 9. The fraction of sp³-hybridized carbons (Fsp3) is 0.528. The third-order valence-corrected chi connectivity index (χ3v) is 11.9. The Kier molecular flexibility index (Phi) is 8.85. The van der Waals surface area contributed by atoms with E-state index in [1.807, 2.05) is 0 Å². The summed E-state index contributed by atoms with van der Waals surface area (Å²) in [6.07, 6.45) is -10.9. The van der Waals surface area contributed by atoms with Crippen molar-refractivity contribution >= 4 is 17.8 Å². The maximum atomic E-state index is 14.0. The summed E-state index contributed by atoms with van der Waals surface area (Å²) in [4.78, 5) is 46.5. The number of carbonyl (C=O) groups excluding carboxylic acids is 3. The van der Waals surface area contributed by atoms with Crippen molar-refractivity contribution < 1.29 is 63.2 Å². The van der Waals surface area contributed by atoms with E-state index in [0.717, 1.165) is 24.1 Å². The van der Waals surface area contributed by atoms with Gasteiger partial charge in [-0.25, -0.2) is 4.79 Å². The topological polar surface area (TPSA) is 141 Å². The molecule has 0 bridgehead atoms. The molecule has 0 radical (unpaired) electrons. The number of halogens is 9. The maximum Gasteiger partial charge on any atom is 0.416 e. The molecule has 5 heterocycles. The van der Waals surface area contributed by atoms with Crippen LogP contribution in [-0.4, -0.2) is 103 Å². The first kappa shape index (κ1) is 39.4. The zero-order valence-corrected chi connectivity index (χ0v) is 30.6. The maximum absolute atomic E-state index is 14.0. The molecule has 22 heteroatoms. The second-order valence-electron chi connectivity index (χ2n) is 15.6. The number of hydrogen-bond donors (Lipinski definition) is 0. The summed E-state index contributed by atoms with van der Waals surface area (Å²) >= 11 is 0. The Hall–Kier alpha value is -5.44. The van der Waals surface area contributed by atoms with Gasteiger partial charge in [-0.15, -0.1) is 0 Å². The second kappa shape index (κ2) is 13.0. The Morgan fingerprint density at radius 1 is 0.948 bits per heavy atom. The number of amides is 2. The monoisotopic (exact) mass is 828 g/mol. The molecule has 4 fully saturated rings. The van der Waals surface area contributed by atoms with Crippen molar-refractivity contribution in [2.24, 2.45) is 10.8 Å². The lowest BCUT2D eigenvalue weighted by Crippen LogP contribution is -2.64. The molecule has 310 valence electrons. The van der Waals surface area contributed by atoms with Gasteiger partial charge in [-0.3, -0.25) is 19.0 Å². The number of nitrogens with zero attached hydrogens (tertiary/aromatic N) is 8. The normalized spacial score (nSPS) is 21.2. The van der Waals surface area contributed by atoms with Gasteiger partial charge in [0.15, 0.2) is 5.82 Å². The van der Waals surface area contributed by atoms with Crippen molar-refractivity contribution in [1.82, 2.24) is 39.5 Å². The number of ether oxygens (including phenoxy) is 1. The largest absolute Gasteiger partial charge is 0.465 e. The lowest BCUT2D eigenvalue weighted by Gasteiger charge is -2.51. The van der Waals surface area contributed by atoms with Gasteiger partial charge < -0.3 is 19.1 Å². The minimum absolute atomic E-state index is 0.0291. The minimum Gasteiger partial charge on any atom is -0.465 e. The van der Waals surface area contributed by atoms with Crippen LogP contribution in [0.15, 0.2) is 47.4 Å². The highest BCUT2D eigenvalue weighted by Crippen LogP contribution is 2.61. The van der Waals surface area contributed by atoms with Crippen LogP contribution in [0.3, 0.4) is 0 Å². The Morgan fingerprint density at radius 3 is 2.24 bits per heavy atom. The third kappa shape index (κ3) is 6.38. The van der Waals surface area contributed by atoms with Crippen LogP contribution in [0.2, 0.25) is 0 Å². The average molecular weight is 829 g/mol. The average Bonchev–Trinajstić information content (AvgIpc) is 3.85. The zero-order chi connectivity index (χ0) is 41.8. The molecule has 8 rings (SSSR count). The highest BCUT2D eigenvalue weighted by atomic mass is 19.4. The van der Waals surface area contributed by atoms with E-state index in [1.165, 1.54) is 38.9 Å². The summed E-state index contributed by atoms with van der Waals surface area (Å²) in [7, 11) is 1.01.